The number of rotatable bonds is 10. The summed E-state index contributed by atoms with van der Waals surface area (Å²) in [4.78, 5) is 2.23. The minimum absolute atomic E-state index is 0.530. The highest BCUT2D eigenvalue weighted by Crippen LogP contribution is 2.23. The van der Waals surface area contributed by atoms with Crippen molar-refractivity contribution < 1.29 is 9.47 Å². The van der Waals surface area contributed by atoms with E-state index in [9.17, 15) is 0 Å². The third-order valence-corrected chi connectivity index (χ3v) is 3.67. The van der Waals surface area contributed by atoms with E-state index in [2.05, 4.69) is 22.1 Å². The van der Waals surface area contributed by atoms with Crippen molar-refractivity contribution in [2.75, 3.05) is 44.9 Å². The molecule has 0 heterocycles. The molecule has 0 saturated carbocycles. The average molecular weight is 342 g/mol. The Kier molecular flexibility index (Phi) is 7.88. The Labute approximate surface area is 149 Å². The lowest BCUT2D eigenvalue weighted by molar-refractivity contribution is 0.146. The van der Waals surface area contributed by atoms with Crippen LogP contribution in [0.2, 0.25) is 0 Å². The Morgan fingerprint density at radius 2 is 1.52 bits per heavy atom. The van der Waals surface area contributed by atoms with Crippen LogP contribution in [0.3, 0.4) is 0 Å². The molecule has 0 aliphatic carbocycles. The molecule has 6 heteroatoms. The van der Waals surface area contributed by atoms with Crippen molar-refractivity contribution in [3.05, 3.63) is 48.5 Å². The third-order valence-electron chi connectivity index (χ3n) is 3.67. The maximum atomic E-state index is 5.64. The minimum Gasteiger partial charge on any atom is -0.491 e. The van der Waals surface area contributed by atoms with Gasteiger partial charge in [-0.3, -0.25) is 0 Å². The molecule has 0 fully saturated rings. The summed E-state index contributed by atoms with van der Waals surface area (Å²) < 4.78 is 10.5. The van der Waals surface area contributed by atoms with Crippen molar-refractivity contribution in [1.82, 2.24) is 0 Å². The molecule has 0 amide bonds. The van der Waals surface area contributed by atoms with Gasteiger partial charge in [0.2, 0.25) is 0 Å². The van der Waals surface area contributed by atoms with Crippen molar-refractivity contribution in [2.24, 2.45) is 16.0 Å². The summed E-state index contributed by atoms with van der Waals surface area (Å²) in [5.41, 5.74) is 8.37. The van der Waals surface area contributed by atoms with E-state index in [-0.39, 0.29) is 0 Å². The van der Waals surface area contributed by atoms with Crippen LogP contribution in [0.25, 0.3) is 0 Å². The number of likely N-dealkylation sites (N-methyl/N-ethyl adjacent to an activating group) is 1. The second-order valence-corrected chi connectivity index (χ2v) is 5.42. The van der Waals surface area contributed by atoms with Crippen LogP contribution in [-0.4, -0.2) is 40.0 Å². The predicted octanol–water partition coefficient (Wildman–Crippen LogP) is 3.91. The highest BCUT2D eigenvalue weighted by molar-refractivity contribution is 5.53. The molecule has 0 unspecified atom stereocenters. The minimum atomic E-state index is 0.530. The summed E-state index contributed by atoms with van der Waals surface area (Å²) in [5.74, 6) is 0.792. The topological polar surface area (TPSA) is 72.4 Å². The standard InChI is InChI=1S/C19H26N4O2/c1-3-23(13-12-20)18-8-4-16(5-9-18)21-22-17-6-10-19(11-7-17)25-15-14-24-2/h4-11H,3,12-15,20H2,1-2H3. The van der Waals surface area contributed by atoms with Crippen LogP contribution in [-0.2, 0) is 4.74 Å². The quantitative estimate of drug-likeness (QED) is 0.525. The summed E-state index contributed by atoms with van der Waals surface area (Å²) in [7, 11) is 1.65. The Balaban J connectivity index is 1.94. The highest BCUT2D eigenvalue weighted by Gasteiger charge is 2.02. The number of anilines is 1. The van der Waals surface area contributed by atoms with Gasteiger partial charge in [0.25, 0.3) is 0 Å². The summed E-state index contributed by atoms with van der Waals surface area (Å²) in [6.07, 6.45) is 0. The van der Waals surface area contributed by atoms with Gasteiger partial charge in [0, 0.05) is 32.4 Å². The Morgan fingerprint density at radius 3 is 2.04 bits per heavy atom. The van der Waals surface area contributed by atoms with Crippen molar-refractivity contribution >= 4 is 17.1 Å². The molecule has 0 aromatic heterocycles. The Bertz CT molecular complexity index is 641. The lowest BCUT2D eigenvalue weighted by atomic mass is 10.2. The number of nitrogens with two attached hydrogens (primary N) is 1. The molecule has 0 aliphatic rings. The van der Waals surface area contributed by atoms with Gasteiger partial charge in [0.15, 0.2) is 0 Å². The maximum absolute atomic E-state index is 5.64. The normalized spacial score (nSPS) is 11.0. The first kappa shape index (κ1) is 18.9. The Morgan fingerprint density at radius 1 is 0.920 bits per heavy atom. The molecule has 2 rings (SSSR count). The molecular weight excluding hydrogens is 316 g/mol. The van der Waals surface area contributed by atoms with E-state index in [1.165, 1.54) is 0 Å². The summed E-state index contributed by atoms with van der Waals surface area (Å²) >= 11 is 0. The van der Waals surface area contributed by atoms with Crippen molar-refractivity contribution in [3.8, 4) is 5.75 Å². The molecule has 2 N–H and O–H groups in total. The largest absolute Gasteiger partial charge is 0.491 e. The summed E-state index contributed by atoms with van der Waals surface area (Å²) in [5, 5.41) is 8.53. The molecular formula is C19H26N4O2. The maximum Gasteiger partial charge on any atom is 0.119 e. The van der Waals surface area contributed by atoms with Gasteiger partial charge in [-0.15, -0.1) is 0 Å². The predicted molar refractivity (Wildman–Crippen MR) is 101 cm³/mol. The first-order valence-electron chi connectivity index (χ1n) is 8.45. The molecule has 0 atom stereocenters. The molecule has 0 bridgehead atoms. The summed E-state index contributed by atoms with van der Waals surface area (Å²) in [6.45, 7) is 5.63. The molecule has 0 radical (unpaired) electrons. The molecule has 0 aliphatic heterocycles. The zero-order chi connectivity index (χ0) is 17.9. The number of benzene rings is 2. The number of hydrogen-bond donors (Lipinski definition) is 1. The van der Waals surface area contributed by atoms with Crippen molar-refractivity contribution in [1.29, 1.82) is 0 Å². The number of azo groups is 1. The second-order valence-electron chi connectivity index (χ2n) is 5.42. The summed E-state index contributed by atoms with van der Waals surface area (Å²) in [6, 6.07) is 15.5. The van der Waals surface area contributed by atoms with E-state index in [1.807, 2.05) is 48.5 Å². The van der Waals surface area contributed by atoms with E-state index in [4.69, 9.17) is 15.2 Å². The van der Waals surface area contributed by atoms with Crippen LogP contribution >= 0.6 is 0 Å². The number of hydrogen-bond acceptors (Lipinski definition) is 6. The molecule has 6 nitrogen and oxygen atoms in total. The Hall–Kier alpha value is -2.44. The van der Waals surface area contributed by atoms with Gasteiger partial charge in [-0.25, -0.2) is 0 Å². The fourth-order valence-electron chi connectivity index (χ4n) is 2.32. The molecule has 0 saturated heterocycles. The molecule has 2 aromatic carbocycles. The van der Waals surface area contributed by atoms with Crippen LogP contribution in [0.15, 0.2) is 58.8 Å². The highest BCUT2D eigenvalue weighted by atomic mass is 16.5. The lowest BCUT2D eigenvalue weighted by Gasteiger charge is -2.22. The monoisotopic (exact) mass is 342 g/mol. The molecule has 134 valence electrons. The SMILES string of the molecule is CCN(CCN)c1ccc(N=Nc2ccc(OCCOC)cc2)cc1. The number of nitrogens with zero attached hydrogens (tertiary/aromatic N) is 3. The van der Waals surface area contributed by atoms with Crippen LogP contribution < -0.4 is 15.4 Å². The van der Waals surface area contributed by atoms with E-state index >= 15 is 0 Å². The number of ether oxygens (including phenoxy) is 2. The number of methoxy groups -OCH3 is 1. The zero-order valence-electron chi connectivity index (χ0n) is 14.9. The first-order valence-corrected chi connectivity index (χ1v) is 8.45. The van der Waals surface area contributed by atoms with Gasteiger partial charge in [-0.05, 0) is 55.5 Å². The zero-order valence-corrected chi connectivity index (χ0v) is 14.9. The molecule has 25 heavy (non-hydrogen) atoms. The van der Waals surface area contributed by atoms with E-state index in [1.54, 1.807) is 7.11 Å². The van der Waals surface area contributed by atoms with Crippen LogP contribution in [0, 0.1) is 0 Å². The van der Waals surface area contributed by atoms with Crippen molar-refractivity contribution in [2.45, 2.75) is 6.92 Å². The van der Waals surface area contributed by atoms with Gasteiger partial charge >= 0.3 is 0 Å². The van der Waals surface area contributed by atoms with Gasteiger partial charge in [0.05, 0.1) is 18.0 Å². The van der Waals surface area contributed by atoms with Crippen LogP contribution in [0.5, 0.6) is 5.75 Å². The average Bonchev–Trinajstić information content (AvgIpc) is 2.66. The van der Waals surface area contributed by atoms with Crippen LogP contribution in [0.4, 0.5) is 17.1 Å². The second kappa shape index (κ2) is 10.4. The lowest BCUT2D eigenvalue weighted by Crippen LogP contribution is -2.28. The smallest absolute Gasteiger partial charge is 0.119 e. The van der Waals surface area contributed by atoms with Gasteiger partial charge < -0.3 is 20.1 Å². The van der Waals surface area contributed by atoms with E-state index in [0.29, 0.717) is 19.8 Å². The fraction of sp³-hybridized carbons (Fsp3) is 0.368. The van der Waals surface area contributed by atoms with E-state index in [0.717, 1.165) is 35.9 Å². The van der Waals surface area contributed by atoms with Gasteiger partial charge in [0.1, 0.15) is 12.4 Å². The first-order chi connectivity index (χ1) is 12.3. The third kappa shape index (κ3) is 6.17. The van der Waals surface area contributed by atoms with Crippen LogP contribution in [0.1, 0.15) is 6.92 Å². The van der Waals surface area contributed by atoms with Crippen molar-refractivity contribution in [3.63, 3.8) is 0 Å². The van der Waals surface area contributed by atoms with E-state index < -0.39 is 0 Å². The van der Waals surface area contributed by atoms with Gasteiger partial charge in [-0.1, -0.05) is 0 Å². The van der Waals surface area contributed by atoms with Gasteiger partial charge in [-0.2, -0.15) is 10.2 Å². The molecule has 2 aromatic rings. The molecule has 0 spiro atoms. The fourth-order valence-corrected chi connectivity index (χ4v) is 2.32.